The second-order valence-electron chi connectivity index (χ2n) is 6.69. The Morgan fingerprint density at radius 1 is 1.08 bits per heavy atom. The fourth-order valence-corrected chi connectivity index (χ4v) is 4.73. The molecule has 138 valence electrons. The summed E-state index contributed by atoms with van der Waals surface area (Å²) in [5, 5.41) is 2.95. The van der Waals surface area contributed by atoms with Crippen molar-refractivity contribution in [2.75, 3.05) is 13.1 Å². The molecule has 0 aromatic heterocycles. The molecule has 5 nitrogen and oxygen atoms in total. The van der Waals surface area contributed by atoms with Gasteiger partial charge < -0.3 is 5.32 Å². The van der Waals surface area contributed by atoms with Gasteiger partial charge in [-0.3, -0.25) is 4.79 Å². The van der Waals surface area contributed by atoms with Gasteiger partial charge in [0.15, 0.2) is 0 Å². The highest BCUT2D eigenvalue weighted by Gasteiger charge is 2.28. The van der Waals surface area contributed by atoms with Crippen LogP contribution in [0.2, 0.25) is 0 Å². The molecule has 0 radical (unpaired) electrons. The van der Waals surface area contributed by atoms with Crippen LogP contribution < -0.4 is 5.32 Å². The van der Waals surface area contributed by atoms with Crippen LogP contribution in [0.4, 0.5) is 0 Å². The number of hydrogen-bond donors (Lipinski definition) is 1. The van der Waals surface area contributed by atoms with Gasteiger partial charge in [-0.2, -0.15) is 4.31 Å². The number of sulfonamides is 1. The van der Waals surface area contributed by atoms with Crippen LogP contribution in [-0.2, 0) is 10.0 Å². The monoisotopic (exact) mass is 372 g/mol. The first-order valence-electron chi connectivity index (χ1n) is 8.86. The predicted octanol–water partition coefficient (Wildman–Crippen LogP) is 3.27. The number of carbonyl (C=O) groups is 1. The van der Waals surface area contributed by atoms with Crippen molar-refractivity contribution in [3.8, 4) is 0 Å². The summed E-state index contributed by atoms with van der Waals surface area (Å²) in [7, 11) is -3.54. The van der Waals surface area contributed by atoms with Crippen LogP contribution in [0.3, 0.4) is 0 Å². The molecule has 26 heavy (non-hydrogen) atoms. The number of benzene rings is 2. The summed E-state index contributed by atoms with van der Waals surface area (Å²) in [5.74, 6) is -0.266. The van der Waals surface area contributed by atoms with Crippen molar-refractivity contribution >= 4 is 15.9 Å². The van der Waals surface area contributed by atoms with E-state index in [4.69, 9.17) is 0 Å². The van der Waals surface area contributed by atoms with E-state index in [1.54, 1.807) is 12.1 Å². The Balaban J connectivity index is 1.84. The summed E-state index contributed by atoms with van der Waals surface area (Å²) in [6.07, 6.45) is 1.76. The summed E-state index contributed by atoms with van der Waals surface area (Å²) in [5.41, 5.74) is 2.15. The van der Waals surface area contributed by atoms with Gasteiger partial charge in [-0.1, -0.05) is 36.4 Å². The Morgan fingerprint density at radius 3 is 2.38 bits per heavy atom. The lowest BCUT2D eigenvalue weighted by Crippen LogP contribution is -2.29. The van der Waals surface area contributed by atoms with Crippen LogP contribution in [0.5, 0.6) is 0 Å². The third-order valence-electron chi connectivity index (χ3n) is 4.80. The van der Waals surface area contributed by atoms with Gasteiger partial charge in [0.25, 0.3) is 5.91 Å². The van der Waals surface area contributed by atoms with Crippen LogP contribution in [-0.4, -0.2) is 31.7 Å². The van der Waals surface area contributed by atoms with E-state index in [9.17, 15) is 13.2 Å². The van der Waals surface area contributed by atoms with Gasteiger partial charge in [-0.15, -0.1) is 0 Å². The fourth-order valence-electron chi connectivity index (χ4n) is 3.18. The molecule has 1 aliphatic rings. The quantitative estimate of drug-likeness (QED) is 0.876. The number of nitrogens with zero attached hydrogens (tertiary/aromatic N) is 1. The average Bonchev–Trinajstić information content (AvgIpc) is 3.18. The Labute approximate surface area is 155 Å². The molecule has 3 rings (SSSR count). The molecule has 1 unspecified atom stereocenters. The number of hydrogen-bond acceptors (Lipinski definition) is 3. The smallest absolute Gasteiger partial charge is 0.252 e. The highest BCUT2D eigenvalue weighted by atomic mass is 32.2. The van der Waals surface area contributed by atoms with Gasteiger partial charge >= 0.3 is 0 Å². The molecule has 2 aromatic rings. The third kappa shape index (κ3) is 3.81. The average molecular weight is 372 g/mol. The molecule has 1 heterocycles. The van der Waals surface area contributed by atoms with E-state index in [0.717, 1.165) is 24.0 Å². The molecule has 1 fully saturated rings. The zero-order valence-electron chi connectivity index (χ0n) is 15.1. The summed E-state index contributed by atoms with van der Waals surface area (Å²) < 4.78 is 27.0. The molecule has 1 saturated heterocycles. The number of nitrogens with one attached hydrogen (secondary N) is 1. The van der Waals surface area contributed by atoms with E-state index < -0.39 is 10.0 Å². The molecule has 1 atom stereocenters. The number of amides is 1. The standard InChI is InChI=1S/C20H24N2O3S/c1-15-10-11-18(26(24,25)22-12-6-7-13-22)14-19(15)20(23)21-16(2)17-8-4-3-5-9-17/h3-5,8-11,14,16H,6-7,12-13H2,1-2H3,(H,21,23). The van der Waals surface area contributed by atoms with Crippen LogP contribution >= 0.6 is 0 Å². The normalized spacial score (nSPS) is 16.4. The largest absolute Gasteiger partial charge is 0.346 e. The first kappa shape index (κ1) is 18.6. The maximum absolute atomic E-state index is 12.8. The minimum atomic E-state index is -3.54. The molecule has 1 aliphatic heterocycles. The van der Waals surface area contributed by atoms with Crippen molar-refractivity contribution in [1.29, 1.82) is 0 Å². The topological polar surface area (TPSA) is 66.5 Å². The number of aryl methyl sites for hydroxylation is 1. The van der Waals surface area contributed by atoms with Gasteiger partial charge in [0.2, 0.25) is 10.0 Å². The lowest BCUT2D eigenvalue weighted by atomic mass is 10.1. The molecular weight excluding hydrogens is 348 g/mol. The Kier molecular flexibility index (Phi) is 5.44. The van der Waals surface area contributed by atoms with Gasteiger partial charge in [-0.05, 0) is 49.9 Å². The minimum Gasteiger partial charge on any atom is -0.346 e. The van der Waals surface area contributed by atoms with E-state index in [0.29, 0.717) is 18.7 Å². The van der Waals surface area contributed by atoms with E-state index in [1.165, 1.54) is 10.4 Å². The van der Waals surface area contributed by atoms with Crippen molar-refractivity contribution in [1.82, 2.24) is 9.62 Å². The molecule has 0 spiro atoms. The summed E-state index contributed by atoms with van der Waals surface area (Å²) >= 11 is 0. The van der Waals surface area contributed by atoms with Crippen LogP contribution in [0, 0.1) is 6.92 Å². The summed E-state index contributed by atoms with van der Waals surface area (Å²) in [6, 6.07) is 14.3. The van der Waals surface area contributed by atoms with Crippen LogP contribution in [0.25, 0.3) is 0 Å². The van der Waals surface area contributed by atoms with E-state index >= 15 is 0 Å². The molecular formula is C20H24N2O3S. The fraction of sp³-hybridized carbons (Fsp3) is 0.350. The highest BCUT2D eigenvalue weighted by molar-refractivity contribution is 7.89. The lowest BCUT2D eigenvalue weighted by molar-refractivity contribution is 0.0939. The number of rotatable bonds is 5. The summed E-state index contributed by atoms with van der Waals surface area (Å²) in [6.45, 7) is 4.81. The maximum atomic E-state index is 12.8. The van der Waals surface area contributed by atoms with Crippen molar-refractivity contribution in [2.24, 2.45) is 0 Å². The minimum absolute atomic E-state index is 0.165. The molecule has 0 aliphatic carbocycles. The highest BCUT2D eigenvalue weighted by Crippen LogP contribution is 2.23. The van der Waals surface area contributed by atoms with Gasteiger partial charge in [0.05, 0.1) is 10.9 Å². The molecule has 2 aromatic carbocycles. The molecule has 0 saturated carbocycles. The maximum Gasteiger partial charge on any atom is 0.252 e. The van der Waals surface area contributed by atoms with Gasteiger partial charge in [0.1, 0.15) is 0 Å². The van der Waals surface area contributed by atoms with E-state index in [1.807, 2.05) is 44.2 Å². The Hall–Kier alpha value is -2.18. The molecule has 0 bridgehead atoms. The molecule has 1 N–H and O–H groups in total. The van der Waals surface area contributed by atoms with Crippen molar-refractivity contribution in [2.45, 2.75) is 37.6 Å². The molecule has 1 amide bonds. The first-order valence-corrected chi connectivity index (χ1v) is 10.3. The first-order chi connectivity index (χ1) is 12.4. The van der Waals surface area contributed by atoms with Crippen molar-refractivity contribution in [3.05, 3.63) is 65.2 Å². The SMILES string of the molecule is Cc1ccc(S(=O)(=O)N2CCCC2)cc1C(=O)NC(C)c1ccccc1. The van der Waals surface area contributed by atoms with Crippen molar-refractivity contribution in [3.63, 3.8) is 0 Å². The predicted molar refractivity (Wildman–Crippen MR) is 101 cm³/mol. The lowest BCUT2D eigenvalue weighted by Gasteiger charge is -2.18. The number of carbonyl (C=O) groups excluding carboxylic acids is 1. The van der Waals surface area contributed by atoms with Gasteiger partial charge in [-0.25, -0.2) is 8.42 Å². The zero-order valence-corrected chi connectivity index (χ0v) is 15.9. The summed E-state index contributed by atoms with van der Waals surface area (Å²) in [4.78, 5) is 12.9. The van der Waals surface area contributed by atoms with Crippen LogP contribution in [0.1, 0.15) is 47.3 Å². The zero-order chi connectivity index (χ0) is 18.7. The second-order valence-corrected chi connectivity index (χ2v) is 8.63. The second kappa shape index (κ2) is 7.60. The van der Waals surface area contributed by atoms with E-state index in [-0.39, 0.29) is 16.8 Å². The van der Waals surface area contributed by atoms with Crippen LogP contribution in [0.15, 0.2) is 53.4 Å². The van der Waals surface area contributed by atoms with E-state index in [2.05, 4.69) is 5.32 Å². The Bertz CT molecular complexity index is 889. The van der Waals surface area contributed by atoms with Crippen molar-refractivity contribution < 1.29 is 13.2 Å². The van der Waals surface area contributed by atoms with Gasteiger partial charge in [0, 0.05) is 18.7 Å². The third-order valence-corrected chi connectivity index (χ3v) is 6.70. The Morgan fingerprint density at radius 2 is 1.73 bits per heavy atom. The molecule has 6 heteroatoms.